The molecule has 2 saturated heterocycles. The third-order valence-corrected chi connectivity index (χ3v) is 7.03. The van der Waals surface area contributed by atoms with E-state index in [0.717, 1.165) is 0 Å². The highest BCUT2D eigenvalue weighted by molar-refractivity contribution is 7.89. The Bertz CT molecular complexity index is 691. The lowest BCUT2D eigenvalue weighted by molar-refractivity contribution is -0.128. The Morgan fingerprint density at radius 3 is 2.61 bits per heavy atom. The summed E-state index contributed by atoms with van der Waals surface area (Å²) in [6.45, 7) is 3.12. The number of nitrogens with zero attached hydrogens (tertiary/aromatic N) is 2. The molecule has 2 aliphatic heterocycles. The molecule has 0 spiro atoms. The lowest BCUT2D eigenvalue weighted by Crippen LogP contribution is -2.52. The summed E-state index contributed by atoms with van der Waals surface area (Å²) in [6, 6.07) is 8.36. The highest BCUT2D eigenvalue weighted by Crippen LogP contribution is 2.43. The summed E-state index contributed by atoms with van der Waals surface area (Å²) >= 11 is 0. The second-order valence-corrected chi connectivity index (χ2v) is 8.50. The van der Waals surface area contributed by atoms with E-state index in [1.165, 1.54) is 11.2 Å². The molecular weight excluding hydrogens is 316 g/mol. The topological polar surface area (TPSA) is 77.9 Å². The maximum Gasteiger partial charge on any atom is 0.243 e. The van der Waals surface area contributed by atoms with E-state index in [0.29, 0.717) is 26.1 Å². The van der Waals surface area contributed by atoms with Gasteiger partial charge in [0, 0.05) is 38.5 Å². The van der Waals surface area contributed by atoms with Crippen molar-refractivity contribution in [1.82, 2.24) is 9.21 Å². The van der Waals surface area contributed by atoms with Crippen molar-refractivity contribution < 1.29 is 18.3 Å². The van der Waals surface area contributed by atoms with Crippen molar-refractivity contribution in [3.63, 3.8) is 0 Å². The fourth-order valence-electron chi connectivity index (χ4n) is 3.76. The number of aliphatic hydroxyl groups is 1. The maximum atomic E-state index is 12.8. The molecule has 0 bridgehead atoms. The quantitative estimate of drug-likeness (QED) is 0.872. The molecule has 1 amide bonds. The summed E-state index contributed by atoms with van der Waals surface area (Å²) in [5.41, 5.74) is -0.550. The fourth-order valence-corrected chi connectivity index (χ4v) is 5.33. The van der Waals surface area contributed by atoms with Gasteiger partial charge in [0.05, 0.1) is 11.5 Å². The molecule has 3 rings (SSSR count). The molecule has 1 aromatic carbocycles. The molecule has 0 aliphatic carbocycles. The van der Waals surface area contributed by atoms with E-state index in [1.807, 2.05) is 0 Å². The molecule has 0 aromatic heterocycles. The van der Waals surface area contributed by atoms with Crippen LogP contribution in [0.5, 0.6) is 0 Å². The molecule has 0 unspecified atom stereocenters. The van der Waals surface area contributed by atoms with Gasteiger partial charge >= 0.3 is 0 Å². The molecule has 2 atom stereocenters. The predicted molar refractivity (Wildman–Crippen MR) is 85.1 cm³/mol. The summed E-state index contributed by atoms with van der Waals surface area (Å²) in [7, 11) is -3.57. The van der Waals surface area contributed by atoms with Crippen LogP contribution < -0.4 is 0 Å². The van der Waals surface area contributed by atoms with Gasteiger partial charge < -0.3 is 10.0 Å². The summed E-state index contributed by atoms with van der Waals surface area (Å²) < 4.78 is 27.1. The number of sulfonamides is 1. The van der Waals surface area contributed by atoms with Crippen molar-refractivity contribution in [1.29, 1.82) is 0 Å². The van der Waals surface area contributed by atoms with Crippen LogP contribution in [0.15, 0.2) is 35.2 Å². The minimum atomic E-state index is -3.57. The molecule has 6 nitrogen and oxygen atoms in total. The smallest absolute Gasteiger partial charge is 0.243 e. The van der Waals surface area contributed by atoms with E-state index in [4.69, 9.17) is 0 Å². The summed E-state index contributed by atoms with van der Waals surface area (Å²) in [5, 5.41) is 9.95. The Kier molecular flexibility index (Phi) is 4.20. The first-order chi connectivity index (χ1) is 10.9. The molecule has 23 heavy (non-hydrogen) atoms. The maximum absolute atomic E-state index is 12.8. The van der Waals surface area contributed by atoms with Crippen molar-refractivity contribution in [2.75, 3.05) is 32.8 Å². The zero-order valence-electron chi connectivity index (χ0n) is 13.2. The Hall–Kier alpha value is -1.44. The Labute approximate surface area is 136 Å². The van der Waals surface area contributed by atoms with Gasteiger partial charge in [-0.1, -0.05) is 18.2 Å². The highest BCUT2D eigenvalue weighted by Gasteiger charge is 2.52. The monoisotopic (exact) mass is 338 g/mol. The number of piperidine rings is 1. The van der Waals surface area contributed by atoms with Crippen molar-refractivity contribution >= 4 is 15.9 Å². The second kappa shape index (κ2) is 5.89. The third kappa shape index (κ3) is 2.77. The van der Waals surface area contributed by atoms with E-state index >= 15 is 0 Å². The lowest BCUT2D eigenvalue weighted by atomic mass is 9.75. The normalized spacial score (nSPS) is 28.6. The van der Waals surface area contributed by atoms with E-state index in [-0.39, 0.29) is 29.9 Å². The van der Waals surface area contributed by atoms with Crippen LogP contribution in [-0.4, -0.2) is 61.4 Å². The van der Waals surface area contributed by atoms with Crippen LogP contribution in [0.4, 0.5) is 0 Å². The largest absolute Gasteiger partial charge is 0.396 e. The fraction of sp³-hybridized carbons (Fsp3) is 0.562. The molecule has 126 valence electrons. The molecule has 2 heterocycles. The van der Waals surface area contributed by atoms with Gasteiger partial charge in [-0.25, -0.2) is 8.42 Å². The van der Waals surface area contributed by atoms with Crippen LogP contribution in [0.3, 0.4) is 0 Å². The molecule has 2 aliphatic rings. The number of amides is 1. The number of hydrogen-bond acceptors (Lipinski definition) is 4. The number of aliphatic hydroxyl groups excluding tert-OH is 1. The zero-order chi connectivity index (χ0) is 16.7. The SMILES string of the molecule is CC(=O)N1C[C@@H]2CCN(S(=O)(=O)c3ccccc3)C[C@]2(CO)C1. The van der Waals surface area contributed by atoms with Gasteiger partial charge in [-0.15, -0.1) is 0 Å². The Balaban J connectivity index is 1.87. The van der Waals surface area contributed by atoms with Crippen LogP contribution in [0, 0.1) is 11.3 Å². The minimum absolute atomic E-state index is 0.0234. The van der Waals surface area contributed by atoms with E-state index < -0.39 is 15.4 Å². The van der Waals surface area contributed by atoms with Crippen LogP contribution in [0.1, 0.15) is 13.3 Å². The number of carbonyl (C=O) groups is 1. The average Bonchev–Trinajstić information content (AvgIpc) is 2.95. The van der Waals surface area contributed by atoms with Gasteiger partial charge in [0.25, 0.3) is 0 Å². The van der Waals surface area contributed by atoms with Crippen LogP contribution in [0.25, 0.3) is 0 Å². The molecule has 1 aromatic rings. The second-order valence-electron chi connectivity index (χ2n) is 6.56. The summed E-state index contributed by atoms with van der Waals surface area (Å²) in [6.07, 6.45) is 0.663. The number of likely N-dealkylation sites (tertiary alicyclic amines) is 1. The van der Waals surface area contributed by atoms with Gasteiger partial charge in [0.15, 0.2) is 0 Å². The van der Waals surface area contributed by atoms with E-state index in [1.54, 1.807) is 35.2 Å². The number of benzene rings is 1. The van der Waals surface area contributed by atoms with Crippen LogP contribution in [0.2, 0.25) is 0 Å². The zero-order valence-corrected chi connectivity index (χ0v) is 14.0. The molecule has 0 radical (unpaired) electrons. The van der Waals surface area contributed by atoms with Gasteiger partial charge in [-0.05, 0) is 24.5 Å². The molecular formula is C16H22N2O4S. The van der Waals surface area contributed by atoms with Crippen LogP contribution in [-0.2, 0) is 14.8 Å². The van der Waals surface area contributed by atoms with Crippen molar-refractivity contribution in [3.8, 4) is 0 Å². The minimum Gasteiger partial charge on any atom is -0.396 e. The van der Waals surface area contributed by atoms with Crippen molar-refractivity contribution in [2.45, 2.75) is 18.2 Å². The first kappa shape index (κ1) is 16.4. The Morgan fingerprint density at radius 2 is 2.00 bits per heavy atom. The predicted octanol–water partition coefficient (Wildman–Crippen LogP) is 0.538. The van der Waals surface area contributed by atoms with E-state index in [9.17, 15) is 18.3 Å². The first-order valence-corrected chi connectivity index (χ1v) is 9.25. The third-order valence-electron chi connectivity index (χ3n) is 5.17. The number of fused-ring (bicyclic) bond motifs is 1. The molecule has 0 saturated carbocycles. The van der Waals surface area contributed by atoms with Gasteiger partial charge in [0.2, 0.25) is 15.9 Å². The molecule has 7 heteroatoms. The van der Waals surface area contributed by atoms with Crippen LogP contribution >= 0.6 is 0 Å². The molecule has 1 N–H and O–H groups in total. The Morgan fingerprint density at radius 1 is 1.30 bits per heavy atom. The van der Waals surface area contributed by atoms with Gasteiger partial charge in [0.1, 0.15) is 0 Å². The highest BCUT2D eigenvalue weighted by atomic mass is 32.2. The number of hydrogen-bond donors (Lipinski definition) is 1. The van der Waals surface area contributed by atoms with Gasteiger partial charge in [-0.2, -0.15) is 4.31 Å². The summed E-state index contributed by atoms with van der Waals surface area (Å²) in [4.78, 5) is 13.7. The lowest BCUT2D eigenvalue weighted by Gasteiger charge is -2.42. The van der Waals surface area contributed by atoms with Crippen molar-refractivity contribution in [3.05, 3.63) is 30.3 Å². The number of carbonyl (C=O) groups excluding carboxylic acids is 1. The first-order valence-electron chi connectivity index (χ1n) is 7.81. The summed E-state index contributed by atoms with van der Waals surface area (Å²) in [5.74, 6) is 0.128. The van der Waals surface area contributed by atoms with Gasteiger partial charge in [-0.3, -0.25) is 4.79 Å². The average molecular weight is 338 g/mol. The standard InChI is InChI=1S/C16H22N2O4S/c1-13(20)17-9-14-7-8-18(11-16(14,10-17)12-19)23(21,22)15-5-3-2-4-6-15/h2-6,14,19H,7-12H2,1H3/t14-,16-/m0/s1. The molecule has 2 fully saturated rings. The van der Waals surface area contributed by atoms with E-state index in [2.05, 4.69) is 0 Å². The number of rotatable bonds is 3. The van der Waals surface area contributed by atoms with Crippen molar-refractivity contribution in [2.24, 2.45) is 11.3 Å².